The lowest BCUT2D eigenvalue weighted by Gasteiger charge is -2.21. The Hall–Kier alpha value is -1.50. The van der Waals surface area contributed by atoms with Crippen LogP contribution in [0.4, 0.5) is 0 Å². The van der Waals surface area contributed by atoms with Crippen LogP contribution in [-0.2, 0) is 0 Å². The fourth-order valence-corrected chi connectivity index (χ4v) is 1.19. The molecule has 0 atom stereocenters. The van der Waals surface area contributed by atoms with Gasteiger partial charge in [-0.1, -0.05) is 0 Å². The van der Waals surface area contributed by atoms with E-state index in [4.69, 9.17) is 24.4 Å². The molecule has 0 aromatic heterocycles. The molecule has 0 aliphatic heterocycles. The van der Waals surface area contributed by atoms with E-state index in [0.717, 1.165) is 0 Å². The van der Waals surface area contributed by atoms with Crippen molar-refractivity contribution < 1.29 is 29.5 Å². The Labute approximate surface area is 99.0 Å². The van der Waals surface area contributed by atoms with Gasteiger partial charge in [0.25, 0.3) is 0 Å². The molecule has 17 heavy (non-hydrogen) atoms. The Morgan fingerprint density at radius 2 is 1.71 bits per heavy atom. The van der Waals surface area contributed by atoms with Crippen LogP contribution in [0.15, 0.2) is 18.2 Å². The van der Waals surface area contributed by atoms with E-state index in [1.54, 1.807) is 6.07 Å². The zero-order chi connectivity index (χ0) is 12.9. The zero-order valence-electron chi connectivity index (χ0n) is 9.71. The fraction of sp³-hybridized carbons (Fsp3) is 0.455. The summed E-state index contributed by atoms with van der Waals surface area (Å²) < 4.78 is 15.0. The second-order valence-corrected chi connectivity index (χ2v) is 3.70. The van der Waals surface area contributed by atoms with E-state index in [0.29, 0.717) is 5.75 Å². The number of aliphatic hydroxyl groups is 3. The van der Waals surface area contributed by atoms with Gasteiger partial charge in [-0.15, -0.1) is 0 Å². The van der Waals surface area contributed by atoms with Crippen LogP contribution in [0.1, 0.15) is 13.8 Å². The van der Waals surface area contributed by atoms with Crippen molar-refractivity contribution in [2.75, 3.05) is 13.6 Å². The average Bonchev–Trinajstić information content (AvgIpc) is 2.20. The van der Waals surface area contributed by atoms with E-state index < -0.39 is 19.4 Å². The summed E-state index contributed by atoms with van der Waals surface area (Å²) in [6.45, 7) is 1.93. The monoisotopic (exact) mass is 244 g/mol. The highest BCUT2D eigenvalue weighted by molar-refractivity contribution is 5.45. The van der Waals surface area contributed by atoms with Crippen molar-refractivity contribution in [2.45, 2.75) is 19.6 Å². The number of benzene rings is 1. The van der Waals surface area contributed by atoms with Gasteiger partial charge in [0.15, 0.2) is 25.1 Å². The smallest absolute Gasteiger partial charge is 0.202 e. The van der Waals surface area contributed by atoms with Crippen LogP contribution in [0.25, 0.3) is 0 Å². The number of aliphatic hydroxyl groups excluding tert-OH is 2. The highest BCUT2D eigenvalue weighted by Gasteiger charge is 2.18. The second-order valence-electron chi connectivity index (χ2n) is 3.70. The van der Waals surface area contributed by atoms with Gasteiger partial charge in [0, 0.05) is 19.9 Å². The second kappa shape index (κ2) is 5.72. The third-order valence-corrected chi connectivity index (χ3v) is 1.73. The van der Waals surface area contributed by atoms with Gasteiger partial charge in [-0.05, 0) is 12.1 Å². The zero-order valence-corrected chi connectivity index (χ0v) is 9.71. The number of rotatable bonds is 6. The minimum atomic E-state index is -1.40. The molecule has 3 N–H and O–H groups in total. The van der Waals surface area contributed by atoms with E-state index in [2.05, 4.69) is 0 Å². The Morgan fingerprint density at radius 3 is 2.24 bits per heavy atom. The largest absolute Gasteiger partial charge is 0.468 e. The summed E-state index contributed by atoms with van der Waals surface area (Å²) in [6, 6.07) is 4.49. The Morgan fingerprint density at radius 1 is 1.06 bits per heavy atom. The average molecular weight is 244 g/mol. The molecule has 1 aromatic rings. The summed E-state index contributed by atoms with van der Waals surface area (Å²) in [5.74, 6) is -0.569. The topological polar surface area (TPSA) is 88.4 Å². The molecule has 96 valence electrons. The summed E-state index contributed by atoms with van der Waals surface area (Å²) in [4.78, 5) is 0. The van der Waals surface area contributed by atoms with Crippen molar-refractivity contribution in [3.05, 3.63) is 18.2 Å². The third-order valence-electron chi connectivity index (χ3n) is 1.73. The van der Waals surface area contributed by atoms with Crippen LogP contribution in [0, 0.1) is 0 Å². The maximum atomic E-state index is 9.55. The van der Waals surface area contributed by atoms with Gasteiger partial charge in [0.05, 0.1) is 0 Å². The highest BCUT2D eigenvalue weighted by Crippen LogP contribution is 2.33. The number of hydrogen-bond acceptors (Lipinski definition) is 6. The van der Waals surface area contributed by atoms with Crippen molar-refractivity contribution in [1.82, 2.24) is 0 Å². The molecule has 1 aromatic carbocycles. The maximum Gasteiger partial charge on any atom is 0.202 e. The standard InChI is InChI=1S/C11H16O6/c1-11(2,14)17-10-5-8(15-6-12)3-4-9(10)16-7-13/h3-5,12-14H,6-7H2,1-2H3. The van der Waals surface area contributed by atoms with Gasteiger partial charge in [0.2, 0.25) is 5.79 Å². The van der Waals surface area contributed by atoms with Crippen LogP contribution in [0.3, 0.4) is 0 Å². The lowest BCUT2D eigenvalue weighted by Crippen LogP contribution is -2.27. The predicted octanol–water partition coefficient (Wildman–Crippen LogP) is 0.451. The fourth-order valence-electron chi connectivity index (χ4n) is 1.19. The van der Waals surface area contributed by atoms with E-state index in [1.165, 1.54) is 26.0 Å². The van der Waals surface area contributed by atoms with Crippen molar-refractivity contribution >= 4 is 0 Å². The van der Waals surface area contributed by atoms with Crippen LogP contribution in [0.5, 0.6) is 17.2 Å². The van der Waals surface area contributed by atoms with Crippen molar-refractivity contribution in [3.63, 3.8) is 0 Å². The van der Waals surface area contributed by atoms with Crippen molar-refractivity contribution in [3.8, 4) is 17.2 Å². The van der Waals surface area contributed by atoms with Gasteiger partial charge < -0.3 is 29.5 Å². The van der Waals surface area contributed by atoms with Crippen molar-refractivity contribution in [1.29, 1.82) is 0 Å². The van der Waals surface area contributed by atoms with E-state index in [1.807, 2.05) is 0 Å². The van der Waals surface area contributed by atoms with Gasteiger partial charge in [-0.3, -0.25) is 0 Å². The van der Waals surface area contributed by atoms with E-state index in [-0.39, 0.29) is 11.5 Å². The van der Waals surface area contributed by atoms with Crippen LogP contribution in [0.2, 0.25) is 0 Å². The molecule has 0 unspecified atom stereocenters. The molecule has 6 heteroatoms. The molecule has 0 spiro atoms. The number of ether oxygens (including phenoxy) is 3. The lowest BCUT2D eigenvalue weighted by atomic mass is 10.3. The Kier molecular flexibility index (Phi) is 4.56. The molecule has 0 amide bonds. The first-order chi connectivity index (χ1) is 7.96. The number of hydrogen-bond donors (Lipinski definition) is 3. The summed E-state index contributed by atoms with van der Waals surface area (Å²) >= 11 is 0. The molecule has 0 heterocycles. The van der Waals surface area contributed by atoms with Gasteiger partial charge in [-0.2, -0.15) is 0 Å². The van der Waals surface area contributed by atoms with Gasteiger partial charge in [0.1, 0.15) is 5.75 Å². The maximum absolute atomic E-state index is 9.55. The van der Waals surface area contributed by atoms with Crippen LogP contribution in [-0.4, -0.2) is 34.7 Å². The molecule has 1 rings (SSSR count). The van der Waals surface area contributed by atoms with Crippen molar-refractivity contribution in [2.24, 2.45) is 0 Å². The van der Waals surface area contributed by atoms with Crippen LogP contribution < -0.4 is 14.2 Å². The van der Waals surface area contributed by atoms with E-state index >= 15 is 0 Å². The normalized spacial score (nSPS) is 11.1. The van der Waals surface area contributed by atoms with Crippen LogP contribution >= 0.6 is 0 Å². The van der Waals surface area contributed by atoms with Gasteiger partial charge in [-0.25, -0.2) is 0 Å². The Bertz CT molecular complexity index is 357. The minimum Gasteiger partial charge on any atom is -0.468 e. The molecule has 0 aliphatic rings. The quantitative estimate of drug-likeness (QED) is 0.630. The third kappa shape index (κ3) is 4.48. The molecule has 0 fully saturated rings. The first kappa shape index (κ1) is 13.6. The SMILES string of the molecule is CC(C)(O)Oc1cc(OCO)ccc1OCO. The lowest BCUT2D eigenvalue weighted by molar-refractivity contribution is -0.106. The summed E-state index contributed by atoms with van der Waals surface area (Å²) in [6.07, 6.45) is 0. The predicted molar refractivity (Wildman–Crippen MR) is 58.8 cm³/mol. The summed E-state index contributed by atoms with van der Waals surface area (Å²) in [5, 5.41) is 26.9. The molecular formula is C11H16O6. The first-order valence-corrected chi connectivity index (χ1v) is 4.99. The summed E-state index contributed by atoms with van der Waals surface area (Å²) in [7, 11) is 0. The molecular weight excluding hydrogens is 228 g/mol. The molecule has 0 bridgehead atoms. The van der Waals surface area contributed by atoms with Gasteiger partial charge >= 0.3 is 0 Å². The highest BCUT2D eigenvalue weighted by atomic mass is 16.6. The van der Waals surface area contributed by atoms with E-state index in [9.17, 15) is 5.11 Å². The molecule has 0 saturated heterocycles. The molecule has 0 saturated carbocycles. The minimum absolute atomic E-state index is 0.206. The first-order valence-electron chi connectivity index (χ1n) is 4.99. The molecule has 6 nitrogen and oxygen atoms in total. The Balaban J connectivity index is 2.98. The molecule has 0 aliphatic carbocycles. The summed E-state index contributed by atoms with van der Waals surface area (Å²) in [5.41, 5.74) is 0. The molecule has 0 radical (unpaired) electrons.